The zero-order chi connectivity index (χ0) is 15.5. The summed E-state index contributed by atoms with van der Waals surface area (Å²) in [5, 5.41) is 0. The number of rotatable bonds is 6. The molecule has 0 bridgehead atoms. The molecule has 20 heavy (non-hydrogen) atoms. The monoisotopic (exact) mass is 312 g/mol. The number of ether oxygens (including phenoxy) is 1. The van der Waals surface area contributed by atoms with Crippen LogP contribution in [0.25, 0.3) is 0 Å². The summed E-state index contributed by atoms with van der Waals surface area (Å²) in [5.41, 5.74) is 5.80. The van der Waals surface area contributed by atoms with Crippen molar-refractivity contribution < 1.29 is 26.3 Å². The number of anilines is 2. The van der Waals surface area contributed by atoms with Crippen LogP contribution in [0.15, 0.2) is 12.1 Å². The van der Waals surface area contributed by atoms with E-state index in [1.807, 2.05) is 0 Å². The maximum atomic E-state index is 13.4. The van der Waals surface area contributed by atoms with Gasteiger partial charge in [0, 0.05) is 32.0 Å². The van der Waals surface area contributed by atoms with E-state index in [0.717, 1.165) is 18.4 Å². The van der Waals surface area contributed by atoms with Crippen LogP contribution in [-0.4, -0.2) is 40.6 Å². The molecule has 0 aromatic heterocycles. The Kier molecular flexibility index (Phi) is 5.09. The summed E-state index contributed by atoms with van der Waals surface area (Å²) in [6, 6.07) is 1.86. The first-order chi connectivity index (χ1) is 9.10. The fourth-order valence-corrected chi connectivity index (χ4v) is 2.10. The van der Waals surface area contributed by atoms with E-state index in [4.69, 9.17) is 5.73 Å². The van der Waals surface area contributed by atoms with Crippen LogP contribution in [-0.2, 0) is 9.84 Å². The lowest BCUT2D eigenvalue weighted by Gasteiger charge is -2.21. The van der Waals surface area contributed by atoms with Crippen molar-refractivity contribution in [3.63, 3.8) is 0 Å². The number of alkyl halides is 2. The third-order valence-corrected chi connectivity index (χ3v) is 3.43. The van der Waals surface area contributed by atoms with Crippen molar-refractivity contribution in [1.82, 2.24) is 0 Å². The lowest BCUT2D eigenvalue weighted by molar-refractivity contribution is -0.0521. The van der Waals surface area contributed by atoms with E-state index < -0.39 is 28.0 Å². The highest BCUT2D eigenvalue weighted by atomic mass is 32.2. The third-order valence-electron chi connectivity index (χ3n) is 2.51. The lowest BCUT2D eigenvalue weighted by atomic mass is 10.2. The Labute approximate surface area is 115 Å². The van der Waals surface area contributed by atoms with Gasteiger partial charge in [-0.25, -0.2) is 12.8 Å². The van der Waals surface area contributed by atoms with E-state index in [0.29, 0.717) is 0 Å². The van der Waals surface area contributed by atoms with Crippen molar-refractivity contribution in [2.45, 2.75) is 6.61 Å². The molecule has 0 fully saturated rings. The predicted octanol–water partition coefficient (Wildman–Crippen LogP) is 1.49. The van der Waals surface area contributed by atoms with E-state index in [9.17, 15) is 21.6 Å². The van der Waals surface area contributed by atoms with Crippen LogP contribution in [0, 0.1) is 5.82 Å². The molecule has 1 aromatic carbocycles. The Morgan fingerprint density at radius 3 is 2.50 bits per heavy atom. The van der Waals surface area contributed by atoms with Gasteiger partial charge in [0.1, 0.15) is 9.84 Å². The second-order valence-electron chi connectivity index (χ2n) is 4.27. The first-order valence-corrected chi connectivity index (χ1v) is 7.59. The zero-order valence-corrected chi connectivity index (χ0v) is 11.8. The van der Waals surface area contributed by atoms with Crippen LogP contribution in [0.4, 0.5) is 24.5 Å². The van der Waals surface area contributed by atoms with Crippen LogP contribution in [0.2, 0.25) is 0 Å². The maximum absolute atomic E-state index is 13.4. The minimum atomic E-state index is -3.19. The average molecular weight is 312 g/mol. The Hall–Kier alpha value is -1.64. The quantitative estimate of drug-likeness (QED) is 0.806. The van der Waals surface area contributed by atoms with Crippen molar-refractivity contribution in [2.75, 3.05) is 36.2 Å². The number of benzene rings is 1. The molecule has 0 unspecified atom stereocenters. The van der Waals surface area contributed by atoms with Crippen molar-refractivity contribution in [2.24, 2.45) is 0 Å². The zero-order valence-electron chi connectivity index (χ0n) is 10.9. The average Bonchev–Trinajstić information content (AvgIpc) is 2.28. The molecule has 0 atom stereocenters. The maximum Gasteiger partial charge on any atom is 0.387 e. The molecule has 0 radical (unpaired) electrons. The number of nitrogens with zero attached hydrogens (tertiary/aromatic N) is 1. The molecular formula is C11H15F3N2O3S. The van der Waals surface area contributed by atoms with E-state index >= 15 is 0 Å². The molecule has 0 aliphatic carbocycles. The molecule has 2 N–H and O–H groups in total. The van der Waals surface area contributed by atoms with Crippen LogP contribution in [0.5, 0.6) is 5.75 Å². The largest absolute Gasteiger partial charge is 0.432 e. The van der Waals surface area contributed by atoms with Crippen LogP contribution >= 0.6 is 0 Å². The third kappa shape index (κ3) is 4.80. The van der Waals surface area contributed by atoms with Gasteiger partial charge in [-0.05, 0) is 0 Å². The van der Waals surface area contributed by atoms with Gasteiger partial charge >= 0.3 is 6.61 Å². The number of nitrogens with two attached hydrogens (primary N) is 1. The molecule has 0 aliphatic heterocycles. The number of nitrogen functional groups attached to an aromatic ring is 1. The lowest BCUT2D eigenvalue weighted by Crippen LogP contribution is -2.25. The second-order valence-corrected chi connectivity index (χ2v) is 6.53. The second kappa shape index (κ2) is 6.21. The summed E-state index contributed by atoms with van der Waals surface area (Å²) in [5.74, 6) is -1.80. The molecule has 114 valence electrons. The Bertz CT molecular complexity index is 579. The van der Waals surface area contributed by atoms with Gasteiger partial charge in [-0.1, -0.05) is 0 Å². The Balaban J connectivity index is 2.98. The highest BCUT2D eigenvalue weighted by Gasteiger charge is 2.16. The van der Waals surface area contributed by atoms with Crippen LogP contribution < -0.4 is 15.4 Å². The summed E-state index contributed by atoms with van der Waals surface area (Å²) >= 11 is 0. The first kappa shape index (κ1) is 16.4. The van der Waals surface area contributed by atoms with Crippen molar-refractivity contribution in [3.05, 3.63) is 17.9 Å². The fraction of sp³-hybridized carbons (Fsp3) is 0.455. The van der Waals surface area contributed by atoms with Gasteiger partial charge in [0.15, 0.2) is 11.6 Å². The molecule has 0 saturated heterocycles. The van der Waals surface area contributed by atoms with Crippen LogP contribution in [0.1, 0.15) is 0 Å². The van der Waals surface area contributed by atoms with Crippen molar-refractivity contribution in [1.29, 1.82) is 0 Å². The molecule has 9 heteroatoms. The van der Waals surface area contributed by atoms with Crippen molar-refractivity contribution in [3.8, 4) is 5.75 Å². The summed E-state index contributed by atoms with van der Waals surface area (Å²) in [6.07, 6.45) is 1.07. The van der Waals surface area contributed by atoms with Gasteiger partial charge < -0.3 is 15.4 Å². The summed E-state index contributed by atoms with van der Waals surface area (Å²) < 4.78 is 63.8. The van der Waals surface area contributed by atoms with E-state index in [2.05, 4.69) is 4.74 Å². The van der Waals surface area contributed by atoms with Gasteiger partial charge in [-0.2, -0.15) is 8.78 Å². The number of halogens is 3. The van der Waals surface area contributed by atoms with Gasteiger partial charge in [0.25, 0.3) is 0 Å². The van der Waals surface area contributed by atoms with E-state index in [1.165, 1.54) is 11.9 Å². The first-order valence-electron chi connectivity index (χ1n) is 5.53. The molecule has 0 heterocycles. The van der Waals surface area contributed by atoms with E-state index in [-0.39, 0.29) is 23.7 Å². The predicted molar refractivity (Wildman–Crippen MR) is 70.4 cm³/mol. The molecule has 0 amide bonds. The minimum absolute atomic E-state index is 0.000109. The molecule has 0 spiro atoms. The topological polar surface area (TPSA) is 72.6 Å². The van der Waals surface area contributed by atoms with Gasteiger partial charge in [0.05, 0.1) is 17.1 Å². The standard InChI is InChI=1S/C11H15F3N2O3S/c1-16(3-4-20(2,17)18)9-6-10(19-11(13)14)7(12)5-8(9)15/h5-6,11H,3-4,15H2,1-2H3. The fourth-order valence-electron chi connectivity index (χ4n) is 1.50. The van der Waals surface area contributed by atoms with Crippen molar-refractivity contribution >= 4 is 21.2 Å². The Morgan fingerprint density at radius 1 is 1.40 bits per heavy atom. The van der Waals surface area contributed by atoms with Gasteiger partial charge in [-0.15, -0.1) is 0 Å². The summed E-state index contributed by atoms with van der Waals surface area (Å²) in [7, 11) is -1.67. The minimum Gasteiger partial charge on any atom is -0.432 e. The molecule has 1 aromatic rings. The van der Waals surface area contributed by atoms with E-state index in [1.54, 1.807) is 0 Å². The number of sulfone groups is 1. The smallest absolute Gasteiger partial charge is 0.387 e. The normalized spacial score (nSPS) is 11.7. The summed E-state index contributed by atoms with van der Waals surface area (Å²) in [4.78, 5) is 1.42. The molecule has 5 nitrogen and oxygen atoms in total. The highest BCUT2D eigenvalue weighted by Crippen LogP contribution is 2.31. The molecule has 1 rings (SSSR count). The van der Waals surface area contributed by atoms with Gasteiger partial charge in [-0.3, -0.25) is 0 Å². The molecule has 0 saturated carbocycles. The highest BCUT2D eigenvalue weighted by molar-refractivity contribution is 7.90. The van der Waals surface area contributed by atoms with Gasteiger partial charge in [0.2, 0.25) is 0 Å². The summed E-state index contributed by atoms with van der Waals surface area (Å²) in [6.45, 7) is -3.08. The Morgan fingerprint density at radius 2 is 2.00 bits per heavy atom. The SMILES string of the molecule is CN(CCS(C)(=O)=O)c1cc(OC(F)F)c(F)cc1N. The van der Waals surface area contributed by atoms with Crippen LogP contribution in [0.3, 0.4) is 0 Å². The molecular weight excluding hydrogens is 297 g/mol. The number of hydrogen-bond donors (Lipinski definition) is 1. The molecule has 0 aliphatic rings. The number of hydrogen-bond acceptors (Lipinski definition) is 5.